The number of aromatic nitrogens is 2. The number of anilines is 1. The number of nitrogens with one attached hydrogen (secondary N) is 1. The molecule has 0 unspecified atom stereocenters. The van der Waals surface area contributed by atoms with Crippen molar-refractivity contribution in [1.29, 1.82) is 0 Å². The summed E-state index contributed by atoms with van der Waals surface area (Å²) in [6, 6.07) is 0. The smallest absolute Gasteiger partial charge is 0.274 e. The van der Waals surface area contributed by atoms with Crippen molar-refractivity contribution in [2.24, 2.45) is 5.92 Å². The molecule has 0 atom stereocenters. The first-order valence-corrected chi connectivity index (χ1v) is 7.59. The Balaban J connectivity index is 1.92. The SMILES string of the molecule is CCCNc1cnc(C(=O)N2CCC(CC)CC2)cn1. The van der Waals surface area contributed by atoms with Crippen LogP contribution in [0, 0.1) is 5.92 Å². The van der Waals surface area contributed by atoms with Crippen LogP contribution in [0.4, 0.5) is 5.82 Å². The fourth-order valence-electron chi connectivity index (χ4n) is 2.49. The second-order valence-electron chi connectivity index (χ2n) is 5.36. The van der Waals surface area contributed by atoms with E-state index in [0.717, 1.165) is 50.6 Å². The summed E-state index contributed by atoms with van der Waals surface area (Å²) >= 11 is 0. The number of carbonyl (C=O) groups excluding carboxylic acids is 1. The summed E-state index contributed by atoms with van der Waals surface area (Å²) in [5, 5.41) is 3.15. The average molecular weight is 276 g/mol. The lowest BCUT2D eigenvalue weighted by Crippen LogP contribution is -2.38. The van der Waals surface area contributed by atoms with E-state index in [0.29, 0.717) is 5.69 Å². The Hall–Kier alpha value is -1.65. The molecule has 1 aliphatic rings. The minimum Gasteiger partial charge on any atom is -0.369 e. The normalized spacial score (nSPS) is 16.2. The van der Waals surface area contributed by atoms with Crippen LogP contribution >= 0.6 is 0 Å². The number of hydrogen-bond acceptors (Lipinski definition) is 4. The average Bonchev–Trinajstić information content (AvgIpc) is 2.53. The lowest BCUT2D eigenvalue weighted by Gasteiger charge is -2.31. The van der Waals surface area contributed by atoms with Gasteiger partial charge in [-0.15, -0.1) is 0 Å². The van der Waals surface area contributed by atoms with Crippen LogP contribution in [0.3, 0.4) is 0 Å². The molecular formula is C15H24N4O. The predicted octanol–water partition coefficient (Wildman–Crippen LogP) is 2.56. The predicted molar refractivity (Wildman–Crippen MR) is 79.7 cm³/mol. The summed E-state index contributed by atoms with van der Waals surface area (Å²) in [6.07, 6.45) is 7.67. The van der Waals surface area contributed by atoms with Crippen molar-refractivity contribution in [2.75, 3.05) is 25.0 Å². The zero-order valence-electron chi connectivity index (χ0n) is 12.4. The third-order valence-electron chi connectivity index (χ3n) is 3.91. The zero-order valence-corrected chi connectivity index (χ0v) is 12.4. The van der Waals surface area contributed by atoms with Gasteiger partial charge in [-0.2, -0.15) is 0 Å². The van der Waals surface area contributed by atoms with E-state index in [1.165, 1.54) is 6.42 Å². The monoisotopic (exact) mass is 276 g/mol. The maximum atomic E-state index is 12.3. The Kier molecular flexibility index (Phi) is 5.32. The second-order valence-corrected chi connectivity index (χ2v) is 5.36. The number of amides is 1. The molecule has 1 aromatic heterocycles. The highest BCUT2D eigenvalue weighted by molar-refractivity contribution is 5.92. The van der Waals surface area contributed by atoms with E-state index in [9.17, 15) is 4.79 Å². The number of rotatable bonds is 5. The first kappa shape index (κ1) is 14.8. The van der Waals surface area contributed by atoms with Gasteiger partial charge < -0.3 is 10.2 Å². The molecule has 0 saturated carbocycles. The molecule has 0 aliphatic carbocycles. The first-order valence-electron chi connectivity index (χ1n) is 7.59. The largest absolute Gasteiger partial charge is 0.369 e. The Morgan fingerprint density at radius 3 is 2.60 bits per heavy atom. The maximum Gasteiger partial charge on any atom is 0.274 e. The van der Waals surface area contributed by atoms with E-state index < -0.39 is 0 Å². The van der Waals surface area contributed by atoms with Crippen molar-refractivity contribution in [3.63, 3.8) is 0 Å². The van der Waals surface area contributed by atoms with Gasteiger partial charge in [0.05, 0.1) is 12.4 Å². The number of hydrogen-bond donors (Lipinski definition) is 1. The Bertz CT molecular complexity index is 424. The van der Waals surface area contributed by atoms with Crippen LogP contribution in [0.1, 0.15) is 50.0 Å². The van der Waals surface area contributed by atoms with Crippen LogP contribution in [0.5, 0.6) is 0 Å². The highest BCUT2D eigenvalue weighted by Gasteiger charge is 2.23. The Morgan fingerprint density at radius 2 is 2.05 bits per heavy atom. The standard InChI is InChI=1S/C15H24N4O/c1-3-7-16-14-11-17-13(10-18-14)15(20)19-8-5-12(4-2)6-9-19/h10-12H,3-9H2,1-2H3,(H,16,18). The molecule has 1 saturated heterocycles. The number of piperidine rings is 1. The summed E-state index contributed by atoms with van der Waals surface area (Å²) in [7, 11) is 0. The summed E-state index contributed by atoms with van der Waals surface area (Å²) in [5.74, 6) is 1.51. The van der Waals surface area contributed by atoms with Crippen molar-refractivity contribution in [1.82, 2.24) is 14.9 Å². The molecule has 0 radical (unpaired) electrons. The Morgan fingerprint density at radius 1 is 1.30 bits per heavy atom. The molecule has 0 spiro atoms. The minimum absolute atomic E-state index is 0.00842. The van der Waals surface area contributed by atoms with E-state index >= 15 is 0 Å². The molecule has 2 rings (SSSR count). The van der Waals surface area contributed by atoms with Gasteiger partial charge in [0, 0.05) is 19.6 Å². The number of likely N-dealkylation sites (tertiary alicyclic amines) is 1. The summed E-state index contributed by atoms with van der Waals surface area (Å²) in [6.45, 7) is 6.87. The van der Waals surface area contributed by atoms with Gasteiger partial charge in [-0.05, 0) is 25.2 Å². The van der Waals surface area contributed by atoms with Crippen molar-refractivity contribution in [2.45, 2.75) is 39.5 Å². The van der Waals surface area contributed by atoms with Crippen LogP contribution in [0.2, 0.25) is 0 Å². The van der Waals surface area contributed by atoms with Crippen LogP contribution in [-0.4, -0.2) is 40.4 Å². The van der Waals surface area contributed by atoms with Gasteiger partial charge in [0.25, 0.3) is 5.91 Å². The summed E-state index contributed by atoms with van der Waals surface area (Å²) < 4.78 is 0. The first-order chi connectivity index (χ1) is 9.74. The fourth-order valence-corrected chi connectivity index (χ4v) is 2.49. The fraction of sp³-hybridized carbons (Fsp3) is 0.667. The van der Waals surface area contributed by atoms with Crippen LogP contribution in [0.15, 0.2) is 12.4 Å². The van der Waals surface area contributed by atoms with Crippen molar-refractivity contribution in [3.05, 3.63) is 18.1 Å². The molecule has 110 valence electrons. The number of nitrogens with zero attached hydrogens (tertiary/aromatic N) is 3. The molecule has 5 heteroatoms. The highest BCUT2D eigenvalue weighted by Crippen LogP contribution is 2.20. The number of carbonyl (C=O) groups is 1. The van der Waals surface area contributed by atoms with Crippen LogP contribution in [-0.2, 0) is 0 Å². The molecule has 1 fully saturated rings. The van der Waals surface area contributed by atoms with Crippen LogP contribution < -0.4 is 5.32 Å². The lowest BCUT2D eigenvalue weighted by molar-refractivity contribution is 0.0682. The van der Waals surface area contributed by atoms with E-state index in [2.05, 4.69) is 29.1 Å². The van der Waals surface area contributed by atoms with Gasteiger partial charge in [0.2, 0.25) is 0 Å². The second kappa shape index (κ2) is 7.22. The van der Waals surface area contributed by atoms with E-state index in [1.54, 1.807) is 12.4 Å². The molecule has 0 bridgehead atoms. The third-order valence-corrected chi connectivity index (χ3v) is 3.91. The van der Waals surface area contributed by atoms with Crippen molar-refractivity contribution >= 4 is 11.7 Å². The van der Waals surface area contributed by atoms with E-state index in [1.807, 2.05) is 4.90 Å². The van der Waals surface area contributed by atoms with E-state index in [4.69, 9.17) is 0 Å². The van der Waals surface area contributed by atoms with Crippen molar-refractivity contribution in [3.8, 4) is 0 Å². The molecule has 20 heavy (non-hydrogen) atoms. The van der Waals surface area contributed by atoms with Gasteiger partial charge in [0.15, 0.2) is 0 Å². The summed E-state index contributed by atoms with van der Waals surface area (Å²) in [4.78, 5) is 22.7. The van der Waals surface area contributed by atoms with Crippen LogP contribution in [0.25, 0.3) is 0 Å². The zero-order chi connectivity index (χ0) is 14.4. The van der Waals surface area contributed by atoms with Gasteiger partial charge in [-0.1, -0.05) is 20.3 Å². The third kappa shape index (κ3) is 3.68. The van der Waals surface area contributed by atoms with Crippen molar-refractivity contribution < 1.29 is 4.79 Å². The van der Waals surface area contributed by atoms with Gasteiger partial charge in [0.1, 0.15) is 11.5 Å². The quantitative estimate of drug-likeness (QED) is 0.898. The van der Waals surface area contributed by atoms with Gasteiger partial charge >= 0.3 is 0 Å². The maximum absolute atomic E-state index is 12.3. The molecule has 1 N–H and O–H groups in total. The molecule has 1 aliphatic heterocycles. The topological polar surface area (TPSA) is 58.1 Å². The Labute approximate surface area is 120 Å². The summed E-state index contributed by atoms with van der Waals surface area (Å²) in [5.41, 5.74) is 0.446. The molecule has 2 heterocycles. The highest BCUT2D eigenvalue weighted by atomic mass is 16.2. The van der Waals surface area contributed by atoms with Gasteiger partial charge in [-0.3, -0.25) is 4.79 Å². The molecule has 1 aromatic rings. The molecular weight excluding hydrogens is 252 g/mol. The van der Waals surface area contributed by atoms with E-state index in [-0.39, 0.29) is 5.91 Å². The lowest BCUT2D eigenvalue weighted by atomic mass is 9.94. The molecule has 5 nitrogen and oxygen atoms in total. The van der Waals surface area contributed by atoms with Gasteiger partial charge in [-0.25, -0.2) is 9.97 Å². The molecule has 0 aromatic carbocycles. The minimum atomic E-state index is 0.00842. The molecule has 1 amide bonds.